The molecule has 0 saturated carbocycles. The topological polar surface area (TPSA) is 56.9 Å². The molecule has 0 bridgehead atoms. The number of benzene rings is 1. The van der Waals surface area contributed by atoms with Gasteiger partial charge in [-0.05, 0) is 51.3 Å². The number of halogens is 1. The predicted octanol–water partition coefficient (Wildman–Crippen LogP) is 4.59. The summed E-state index contributed by atoms with van der Waals surface area (Å²) in [5.74, 6) is 2.30. The van der Waals surface area contributed by atoms with Gasteiger partial charge in [-0.25, -0.2) is 4.99 Å². The Morgan fingerprint density at radius 2 is 2.12 bits per heavy atom. The third-order valence-electron chi connectivity index (χ3n) is 3.98. The third-order valence-corrected chi connectivity index (χ3v) is 4.27. The number of ether oxygens (including phenoxy) is 2. The van der Waals surface area contributed by atoms with Crippen LogP contribution in [0.3, 0.4) is 0 Å². The number of aliphatic imine (C=N–C) groups is 1. The quantitative estimate of drug-likeness (QED) is 0.644. The lowest BCUT2D eigenvalue weighted by Gasteiger charge is -2.09. The van der Waals surface area contributed by atoms with E-state index in [2.05, 4.69) is 10.1 Å². The van der Waals surface area contributed by atoms with Gasteiger partial charge >= 0.3 is 0 Å². The van der Waals surface area contributed by atoms with Crippen LogP contribution in [0.15, 0.2) is 33.8 Å². The maximum atomic E-state index is 6.31. The Kier molecular flexibility index (Phi) is 5.97. The fraction of sp³-hybridized carbons (Fsp3) is 0.474. The Morgan fingerprint density at radius 1 is 1.24 bits per heavy atom. The van der Waals surface area contributed by atoms with Crippen LogP contribution in [0.5, 0.6) is 5.75 Å². The van der Waals surface area contributed by atoms with Crippen LogP contribution < -0.4 is 4.74 Å². The molecule has 1 atom stereocenters. The number of rotatable bonds is 8. The number of hydrogen-bond donors (Lipinski definition) is 0. The number of unbranched alkanes of at least 4 members (excludes halogenated alkanes) is 2. The monoisotopic (exact) mass is 362 g/mol. The summed E-state index contributed by atoms with van der Waals surface area (Å²) in [6.45, 7) is 5.22. The van der Waals surface area contributed by atoms with E-state index in [0.717, 1.165) is 42.7 Å². The Hall–Kier alpha value is -2.01. The van der Waals surface area contributed by atoms with Crippen LogP contribution >= 0.6 is 11.6 Å². The highest BCUT2D eigenvalue weighted by Crippen LogP contribution is 2.27. The second-order valence-corrected chi connectivity index (χ2v) is 6.74. The van der Waals surface area contributed by atoms with Crippen LogP contribution in [0.25, 0.3) is 0 Å². The van der Waals surface area contributed by atoms with E-state index in [1.54, 1.807) is 0 Å². The van der Waals surface area contributed by atoms with Crippen LogP contribution in [0.2, 0.25) is 5.02 Å². The number of aryl methyl sites for hydroxylation is 2. The fourth-order valence-electron chi connectivity index (χ4n) is 2.68. The number of aromatic nitrogens is 1. The van der Waals surface area contributed by atoms with Crippen LogP contribution in [0.4, 0.5) is 0 Å². The molecule has 0 fully saturated rings. The molecule has 0 saturated heterocycles. The van der Waals surface area contributed by atoms with Crippen molar-refractivity contribution in [2.45, 2.75) is 45.6 Å². The van der Waals surface area contributed by atoms with Crippen molar-refractivity contribution in [3.63, 3.8) is 0 Å². The number of hydrogen-bond acceptors (Lipinski definition) is 5. The van der Waals surface area contributed by atoms with Crippen molar-refractivity contribution in [1.82, 2.24) is 5.16 Å². The van der Waals surface area contributed by atoms with E-state index in [1.165, 1.54) is 0 Å². The number of nitrogens with zero attached hydrogens (tertiary/aromatic N) is 2. The maximum Gasteiger partial charge on any atom is 0.216 e. The summed E-state index contributed by atoms with van der Waals surface area (Å²) in [7, 11) is 0. The van der Waals surface area contributed by atoms with Crippen molar-refractivity contribution < 1.29 is 14.0 Å². The molecule has 5 nitrogen and oxygen atoms in total. The second-order valence-electron chi connectivity index (χ2n) is 6.33. The lowest BCUT2D eigenvalue weighted by atomic mass is 10.1. The molecular formula is C19H23ClN2O3. The molecule has 0 spiro atoms. The molecule has 1 aliphatic rings. The summed E-state index contributed by atoms with van der Waals surface area (Å²) in [5.41, 5.74) is 1.82. The first-order valence-corrected chi connectivity index (χ1v) is 9.05. The Balaban J connectivity index is 1.40. The molecule has 25 heavy (non-hydrogen) atoms. The van der Waals surface area contributed by atoms with Gasteiger partial charge in [0.15, 0.2) is 0 Å². The van der Waals surface area contributed by atoms with E-state index in [0.29, 0.717) is 29.9 Å². The van der Waals surface area contributed by atoms with Crippen molar-refractivity contribution in [2.75, 3.05) is 13.2 Å². The normalized spacial score (nSPS) is 16.6. The van der Waals surface area contributed by atoms with Crippen LogP contribution in [-0.2, 0) is 11.2 Å². The largest absolute Gasteiger partial charge is 0.492 e. The van der Waals surface area contributed by atoms with Crippen molar-refractivity contribution in [3.8, 4) is 5.75 Å². The SMILES string of the molecule is Cc1cc(CCCCCOc2ccc(C3=NC(C)CO3)cc2Cl)on1. The van der Waals surface area contributed by atoms with Gasteiger partial charge in [-0.15, -0.1) is 0 Å². The lowest BCUT2D eigenvalue weighted by molar-refractivity contribution is 0.303. The average molecular weight is 363 g/mol. The van der Waals surface area contributed by atoms with Gasteiger partial charge in [0.2, 0.25) is 5.90 Å². The Bertz CT molecular complexity index is 742. The van der Waals surface area contributed by atoms with E-state index in [-0.39, 0.29) is 6.04 Å². The minimum atomic E-state index is 0.200. The van der Waals surface area contributed by atoms with Gasteiger partial charge in [0, 0.05) is 18.1 Å². The molecule has 0 amide bonds. The molecule has 2 aromatic rings. The molecule has 1 aromatic heterocycles. The molecule has 3 rings (SSSR count). The first-order chi connectivity index (χ1) is 12.1. The molecular weight excluding hydrogens is 340 g/mol. The highest BCUT2D eigenvalue weighted by molar-refractivity contribution is 6.32. The van der Waals surface area contributed by atoms with Crippen LogP contribution in [-0.4, -0.2) is 30.3 Å². The van der Waals surface area contributed by atoms with Crippen LogP contribution in [0, 0.1) is 6.92 Å². The Labute approximate surface area is 153 Å². The smallest absolute Gasteiger partial charge is 0.216 e. The standard InChI is InChI=1S/C19H23ClN2O3/c1-13-10-16(25-22-13)6-4-3-5-9-23-18-8-7-15(11-17(18)20)19-21-14(2)12-24-19/h7-8,10-11,14H,3-6,9,12H2,1-2H3. The minimum absolute atomic E-state index is 0.200. The highest BCUT2D eigenvalue weighted by atomic mass is 35.5. The molecule has 6 heteroatoms. The maximum absolute atomic E-state index is 6.31. The van der Waals surface area contributed by atoms with Crippen molar-refractivity contribution >= 4 is 17.5 Å². The van der Waals surface area contributed by atoms with Gasteiger partial charge in [0.25, 0.3) is 0 Å². The third kappa shape index (κ3) is 4.98. The highest BCUT2D eigenvalue weighted by Gasteiger charge is 2.17. The van der Waals surface area contributed by atoms with Crippen molar-refractivity contribution in [2.24, 2.45) is 4.99 Å². The second kappa shape index (κ2) is 8.39. The van der Waals surface area contributed by atoms with Gasteiger partial charge in [-0.1, -0.05) is 16.8 Å². The minimum Gasteiger partial charge on any atom is -0.492 e. The van der Waals surface area contributed by atoms with E-state index in [4.69, 9.17) is 25.6 Å². The van der Waals surface area contributed by atoms with Gasteiger partial charge in [-0.3, -0.25) is 0 Å². The Morgan fingerprint density at radius 3 is 2.80 bits per heavy atom. The zero-order chi connectivity index (χ0) is 17.6. The van der Waals surface area contributed by atoms with E-state index < -0.39 is 0 Å². The van der Waals surface area contributed by atoms with Gasteiger partial charge in [-0.2, -0.15) is 0 Å². The molecule has 1 unspecified atom stereocenters. The van der Waals surface area contributed by atoms with Gasteiger partial charge < -0.3 is 14.0 Å². The van der Waals surface area contributed by atoms with Crippen LogP contribution in [0.1, 0.15) is 43.2 Å². The zero-order valence-electron chi connectivity index (χ0n) is 14.6. The zero-order valence-corrected chi connectivity index (χ0v) is 15.4. The fourth-order valence-corrected chi connectivity index (χ4v) is 2.91. The predicted molar refractivity (Wildman–Crippen MR) is 97.7 cm³/mol. The molecule has 0 radical (unpaired) electrons. The van der Waals surface area contributed by atoms with Gasteiger partial charge in [0.05, 0.1) is 23.4 Å². The summed E-state index contributed by atoms with van der Waals surface area (Å²) in [5, 5.41) is 4.47. The van der Waals surface area contributed by atoms with Crippen molar-refractivity contribution in [1.29, 1.82) is 0 Å². The summed E-state index contributed by atoms with van der Waals surface area (Å²) < 4.78 is 16.5. The lowest BCUT2D eigenvalue weighted by Crippen LogP contribution is -2.03. The first kappa shape index (κ1) is 17.8. The van der Waals surface area contributed by atoms with Crippen molar-refractivity contribution in [3.05, 3.63) is 46.3 Å². The average Bonchev–Trinajstić information content (AvgIpc) is 3.20. The molecule has 0 N–H and O–H groups in total. The summed E-state index contributed by atoms with van der Waals surface area (Å²) in [6.07, 6.45) is 4.01. The molecule has 0 aliphatic carbocycles. The molecule has 1 aliphatic heterocycles. The molecule has 134 valence electrons. The first-order valence-electron chi connectivity index (χ1n) is 8.67. The van der Waals surface area contributed by atoms with E-state index in [9.17, 15) is 0 Å². The van der Waals surface area contributed by atoms with E-state index in [1.807, 2.05) is 38.1 Å². The molecule has 2 heterocycles. The van der Waals surface area contributed by atoms with E-state index >= 15 is 0 Å². The molecule has 1 aromatic carbocycles. The summed E-state index contributed by atoms with van der Waals surface area (Å²) in [4.78, 5) is 4.43. The summed E-state index contributed by atoms with van der Waals surface area (Å²) >= 11 is 6.31. The van der Waals surface area contributed by atoms with Gasteiger partial charge in [0.1, 0.15) is 18.1 Å². The summed E-state index contributed by atoms with van der Waals surface area (Å²) in [6, 6.07) is 7.84.